The first-order valence-corrected chi connectivity index (χ1v) is 13.9. The van der Waals surface area contributed by atoms with Gasteiger partial charge < -0.3 is 14.2 Å². The van der Waals surface area contributed by atoms with Gasteiger partial charge in [0.1, 0.15) is 6.79 Å². The van der Waals surface area contributed by atoms with E-state index in [0.717, 1.165) is 17.8 Å². The summed E-state index contributed by atoms with van der Waals surface area (Å²) in [6, 6.07) is 0. The van der Waals surface area contributed by atoms with Gasteiger partial charge in [0.15, 0.2) is 0 Å². The Hall–Kier alpha value is -0.610. The minimum atomic E-state index is -0.0556. The molecule has 0 aromatic rings. The average molecular weight is 463 g/mol. The lowest BCUT2D eigenvalue weighted by Crippen LogP contribution is -2.62. The maximum absolute atomic E-state index is 12.1. The van der Waals surface area contributed by atoms with E-state index < -0.39 is 0 Å². The molecule has 33 heavy (non-hydrogen) atoms. The summed E-state index contributed by atoms with van der Waals surface area (Å²) in [6.07, 6.45) is 11.4. The van der Waals surface area contributed by atoms with Crippen molar-refractivity contribution in [1.29, 1.82) is 0 Å². The first kappa shape index (κ1) is 25.5. The lowest BCUT2D eigenvalue weighted by molar-refractivity contribution is -0.231. The topological polar surface area (TPSA) is 44.8 Å². The minimum Gasteiger partial charge on any atom is -0.469 e. The van der Waals surface area contributed by atoms with E-state index in [0.29, 0.717) is 59.7 Å². The summed E-state index contributed by atoms with van der Waals surface area (Å²) in [6.45, 7) is 12.8. The van der Waals surface area contributed by atoms with Gasteiger partial charge in [-0.15, -0.1) is 0 Å². The maximum atomic E-state index is 12.1. The van der Waals surface area contributed by atoms with Gasteiger partial charge in [0, 0.05) is 13.5 Å². The second-order valence-electron chi connectivity index (χ2n) is 12.9. The molecular weight excluding hydrogens is 412 g/mol. The summed E-state index contributed by atoms with van der Waals surface area (Å²) < 4.78 is 17.2. The van der Waals surface area contributed by atoms with E-state index in [4.69, 9.17) is 14.2 Å². The van der Waals surface area contributed by atoms with Crippen LogP contribution in [0.4, 0.5) is 0 Å². The van der Waals surface area contributed by atoms with Crippen molar-refractivity contribution in [2.75, 3.05) is 21.0 Å². The summed E-state index contributed by atoms with van der Waals surface area (Å²) in [5.41, 5.74) is 0.745. The van der Waals surface area contributed by atoms with E-state index in [9.17, 15) is 4.79 Å². The molecule has 0 aromatic carbocycles. The summed E-state index contributed by atoms with van der Waals surface area (Å²) in [4.78, 5) is 12.1. The third kappa shape index (κ3) is 4.20. The van der Waals surface area contributed by atoms with Crippen molar-refractivity contribution in [3.05, 3.63) is 0 Å². The molecule has 0 N–H and O–H groups in total. The monoisotopic (exact) mass is 462 g/mol. The number of esters is 1. The predicted molar refractivity (Wildman–Crippen MR) is 131 cm³/mol. The fourth-order valence-electron chi connectivity index (χ4n) is 9.99. The zero-order chi connectivity index (χ0) is 24.0. The highest BCUT2D eigenvalue weighted by Gasteiger charge is 2.65. The molecule has 0 spiro atoms. The molecule has 0 heterocycles. The molecule has 0 aromatic heterocycles. The van der Waals surface area contributed by atoms with E-state index in [-0.39, 0.29) is 5.97 Å². The van der Waals surface area contributed by atoms with E-state index in [1.165, 1.54) is 58.5 Å². The molecule has 4 aliphatic carbocycles. The molecule has 0 bridgehead atoms. The van der Waals surface area contributed by atoms with E-state index in [2.05, 4.69) is 34.6 Å². The smallest absolute Gasteiger partial charge is 0.305 e. The van der Waals surface area contributed by atoms with Crippen LogP contribution in [0.5, 0.6) is 0 Å². The average Bonchev–Trinajstić information content (AvgIpc) is 3.15. The molecule has 190 valence electrons. The van der Waals surface area contributed by atoms with Gasteiger partial charge >= 0.3 is 5.97 Å². The number of carbonyl (C=O) groups excluding carboxylic acids is 1. The summed E-state index contributed by atoms with van der Waals surface area (Å²) in [7, 11) is 3.28. The van der Waals surface area contributed by atoms with Gasteiger partial charge in [0.05, 0.1) is 13.2 Å². The molecule has 11 atom stereocenters. The number of hydrogen-bond acceptors (Lipinski definition) is 4. The third-order valence-electron chi connectivity index (χ3n) is 11.5. The quantitative estimate of drug-likeness (QED) is 0.311. The second kappa shape index (κ2) is 9.80. The molecule has 4 aliphatic rings. The number of ether oxygens (including phenoxy) is 3. The Labute approximate surface area is 202 Å². The Balaban J connectivity index is 1.68. The van der Waals surface area contributed by atoms with Crippen molar-refractivity contribution < 1.29 is 19.0 Å². The van der Waals surface area contributed by atoms with Crippen LogP contribution in [-0.4, -0.2) is 33.1 Å². The van der Waals surface area contributed by atoms with Gasteiger partial charge in [0.2, 0.25) is 0 Å². The molecule has 0 radical (unpaired) electrons. The molecule has 4 saturated carbocycles. The van der Waals surface area contributed by atoms with E-state index in [1.807, 2.05) is 0 Å². The molecule has 4 rings (SSSR count). The van der Waals surface area contributed by atoms with Crippen molar-refractivity contribution in [1.82, 2.24) is 0 Å². The van der Waals surface area contributed by atoms with E-state index >= 15 is 0 Å². The highest BCUT2D eigenvalue weighted by molar-refractivity contribution is 5.69. The number of rotatable bonds is 7. The van der Waals surface area contributed by atoms with Crippen LogP contribution in [0.2, 0.25) is 0 Å². The van der Waals surface area contributed by atoms with Gasteiger partial charge in [-0.05, 0) is 96.7 Å². The van der Waals surface area contributed by atoms with Crippen molar-refractivity contribution in [2.24, 2.45) is 58.2 Å². The lowest BCUT2D eigenvalue weighted by atomic mass is 9.41. The predicted octanol–water partition coefficient (Wildman–Crippen LogP) is 6.72. The largest absolute Gasteiger partial charge is 0.469 e. The van der Waals surface area contributed by atoms with E-state index in [1.54, 1.807) is 7.11 Å². The highest BCUT2D eigenvalue weighted by atomic mass is 16.7. The number of fused-ring (bicyclic) bond motifs is 5. The normalized spacial score (nSPS) is 47.8. The lowest BCUT2D eigenvalue weighted by Gasteiger charge is -2.65. The molecule has 4 heteroatoms. The molecule has 0 amide bonds. The van der Waals surface area contributed by atoms with Crippen LogP contribution in [-0.2, 0) is 19.0 Å². The molecule has 0 saturated heterocycles. The standard InChI is InChI=1S/C29H50O4/c1-8-20-24-15-18(2)11-13-29(24,5)23-12-14-28(4)21(19(3)16-25(30)32-7)9-10-22(28)26(23)27(20)33-17-31-6/h18-24,26-27H,8-17H2,1-7H3/t18-,19-,20-,21-,22?,23?,24+,26?,27?,28-,29-/m1/s1. The second-order valence-corrected chi connectivity index (χ2v) is 12.9. The fraction of sp³-hybridized carbons (Fsp3) is 0.966. The van der Waals surface area contributed by atoms with Crippen LogP contribution in [0.1, 0.15) is 92.4 Å². The van der Waals surface area contributed by atoms with Gasteiger partial charge in [-0.25, -0.2) is 0 Å². The Bertz CT molecular complexity index is 693. The van der Waals surface area contributed by atoms with Crippen molar-refractivity contribution in [2.45, 2.75) is 98.5 Å². The van der Waals surface area contributed by atoms with Crippen molar-refractivity contribution >= 4 is 5.97 Å². The summed E-state index contributed by atoms with van der Waals surface area (Å²) in [5.74, 6) is 5.22. The van der Waals surface area contributed by atoms with Crippen LogP contribution in [0, 0.1) is 58.2 Å². The maximum Gasteiger partial charge on any atom is 0.305 e. The Morgan fingerprint density at radius 3 is 2.36 bits per heavy atom. The SMILES string of the molecule is CC[C@H]1C(OCOC)C2C3CC[C@H]([C@H](C)CC(=O)OC)[C@@]3(C)CCC2[C@@]2(C)CC[C@@H](C)C[C@@H]12. The van der Waals surface area contributed by atoms with Gasteiger partial charge in [-0.1, -0.05) is 47.5 Å². The number of hydrogen-bond donors (Lipinski definition) is 0. The zero-order valence-electron chi connectivity index (χ0n) is 22.4. The van der Waals surface area contributed by atoms with Gasteiger partial charge in [-0.2, -0.15) is 0 Å². The minimum absolute atomic E-state index is 0.0556. The summed E-state index contributed by atoms with van der Waals surface area (Å²) >= 11 is 0. The first-order valence-electron chi connectivity index (χ1n) is 13.9. The van der Waals surface area contributed by atoms with Crippen LogP contribution < -0.4 is 0 Å². The van der Waals surface area contributed by atoms with Crippen LogP contribution in [0.3, 0.4) is 0 Å². The first-order chi connectivity index (χ1) is 15.7. The Morgan fingerprint density at radius 2 is 1.70 bits per heavy atom. The van der Waals surface area contributed by atoms with Crippen LogP contribution in [0.25, 0.3) is 0 Å². The fourth-order valence-corrected chi connectivity index (χ4v) is 9.99. The Kier molecular flexibility index (Phi) is 7.57. The number of methoxy groups -OCH3 is 2. The van der Waals surface area contributed by atoms with Gasteiger partial charge in [-0.3, -0.25) is 4.79 Å². The van der Waals surface area contributed by atoms with Crippen molar-refractivity contribution in [3.63, 3.8) is 0 Å². The van der Waals surface area contributed by atoms with Crippen LogP contribution >= 0.6 is 0 Å². The molecule has 0 aliphatic heterocycles. The van der Waals surface area contributed by atoms with Crippen LogP contribution in [0.15, 0.2) is 0 Å². The zero-order valence-corrected chi connectivity index (χ0v) is 22.4. The van der Waals surface area contributed by atoms with Gasteiger partial charge in [0.25, 0.3) is 0 Å². The summed E-state index contributed by atoms with van der Waals surface area (Å²) in [5, 5.41) is 0. The third-order valence-corrected chi connectivity index (χ3v) is 11.5. The highest BCUT2D eigenvalue weighted by Crippen LogP contribution is 2.70. The molecular formula is C29H50O4. The Morgan fingerprint density at radius 1 is 1.00 bits per heavy atom. The number of carbonyl (C=O) groups is 1. The molecule has 4 unspecified atom stereocenters. The van der Waals surface area contributed by atoms with Crippen molar-refractivity contribution in [3.8, 4) is 0 Å². The molecule has 4 nitrogen and oxygen atoms in total. The molecule has 4 fully saturated rings.